The normalized spacial score (nSPS) is 11.1. The van der Waals surface area contributed by atoms with Gasteiger partial charge in [-0.1, -0.05) is 42.5 Å². The molecule has 3 rings (SSSR count). The summed E-state index contributed by atoms with van der Waals surface area (Å²) < 4.78 is 21.8. The van der Waals surface area contributed by atoms with Crippen LogP contribution in [-0.4, -0.2) is 43.8 Å². The third-order valence-electron chi connectivity index (χ3n) is 4.71. The van der Waals surface area contributed by atoms with Gasteiger partial charge in [0, 0.05) is 5.69 Å². The molecule has 3 aromatic rings. The SMILES string of the molecule is COC(=O)c1sc(-c2ccc(NC(=O)COCc3ccccc3)cc2)c(Br)c1OCC(=O)OC(C)(C)C. The van der Waals surface area contributed by atoms with Crippen molar-refractivity contribution in [2.75, 3.05) is 25.6 Å². The van der Waals surface area contributed by atoms with Crippen LogP contribution in [-0.2, 0) is 30.4 Å². The molecule has 1 heterocycles. The van der Waals surface area contributed by atoms with Crippen LogP contribution in [0.3, 0.4) is 0 Å². The summed E-state index contributed by atoms with van der Waals surface area (Å²) >= 11 is 4.65. The number of nitrogens with one attached hydrogen (secondary N) is 1. The standard InChI is InChI=1S/C27H28BrNO7S/c1-27(2,3)36-21(31)16-35-23-22(28)24(37-25(23)26(32)33-4)18-10-12-19(13-11-18)29-20(30)15-34-14-17-8-6-5-7-9-17/h5-13H,14-16H2,1-4H3,(H,29,30). The predicted octanol–water partition coefficient (Wildman–Crippen LogP) is 5.84. The number of esters is 2. The van der Waals surface area contributed by atoms with Crippen molar-refractivity contribution in [2.45, 2.75) is 33.0 Å². The van der Waals surface area contributed by atoms with E-state index in [2.05, 4.69) is 21.2 Å². The number of benzene rings is 2. The highest BCUT2D eigenvalue weighted by molar-refractivity contribution is 9.10. The molecular weight excluding hydrogens is 562 g/mol. The fraction of sp³-hybridized carbons (Fsp3) is 0.296. The summed E-state index contributed by atoms with van der Waals surface area (Å²) in [4.78, 5) is 37.6. The van der Waals surface area contributed by atoms with E-state index in [4.69, 9.17) is 18.9 Å². The summed E-state index contributed by atoms with van der Waals surface area (Å²) in [6.07, 6.45) is 0. The van der Waals surface area contributed by atoms with Gasteiger partial charge in [0.1, 0.15) is 12.2 Å². The number of carbonyl (C=O) groups is 3. The molecule has 1 aromatic heterocycles. The first-order valence-electron chi connectivity index (χ1n) is 11.3. The van der Waals surface area contributed by atoms with E-state index in [1.165, 1.54) is 7.11 Å². The van der Waals surface area contributed by atoms with Crippen LogP contribution < -0.4 is 10.1 Å². The van der Waals surface area contributed by atoms with E-state index in [0.717, 1.165) is 22.5 Å². The zero-order valence-electron chi connectivity index (χ0n) is 21.0. The summed E-state index contributed by atoms with van der Waals surface area (Å²) in [5.41, 5.74) is 1.70. The zero-order valence-corrected chi connectivity index (χ0v) is 23.4. The smallest absolute Gasteiger partial charge is 0.351 e. The second kappa shape index (κ2) is 12.8. The van der Waals surface area contributed by atoms with Gasteiger partial charge in [-0.2, -0.15) is 0 Å². The van der Waals surface area contributed by atoms with Crippen LogP contribution in [0.25, 0.3) is 10.4 Å². The van der Waals surface area contributed by atoms with Crippen LogP contribution in [0.2, 0.25) is 0 Å². The molecular formula is C27H28BrNO7S. The van der Waals surface area contributed by atoms with E-state index in [1.54, 1.807) is 45.0 Å². The summed E-state index contributed by atoms with van der Waals surface area (Å²) in [7, 11) is 1.27. The number of thiophene rings is 1. The molecule has 10 heteroatoms. The Morgan fingerprint density at radius 2 is 1.65 bits per heavy atom. The van der Waals surface area contributed by atoms with Crippen molar-refractivity contribution in [2.24, 2.45) is 0 Å². The highest BCUT2D eigenvalue weighted by Gasteiger charge is 2.26. The van der Waals surface area contributed by atoms with E-state index >= 15 is 0 Å². The van der Waals surface area contributed by atoms with E-state index in [-0.39, 0.29) is 29.7 Å². The molecule has 2 aromatic carbocycles. The van der Waals surface area contributed by atoms with Crippen molar-refractivity contribution in [1.29, 1.82) is 0 Å². The highest BCUT2D eigenvalue weighted by atomic mass is 79.9. The first-order valence-corrected chi connectivity index (χ1v) is 13.0. The van der Waals surface area contributed by atoms with Gasteiger partial charge >= 0.3 is 11.9 Å². The lowest BCUT2D eigenvalue weighted by molar-refractivity contribution is -0.157. The van der Waals surface area contributed by atoms with Crippen LogP contribution in [0, 0.1) is 0 Å². The van der Waals surface area contributed by atoms with Gasteiger partial charge in [0.2, 0.25) is 5.91 Å². The molecule has 0 bridgehead atoms. The van der Waals surface area contributed by atoms with Crippen molar-refractivity contribution in [1.82, 2.24) is 0 Å². The maximum Gasteiger partial charge on any atom is 0.351 e. The number of anilines is 1. The molecule has 0 unspecified atom stereocenters. The maximum atomic E-state index is 12.4. The van der Waals surface area contributed by atoms with E-state index in [9.17, 15) is 14.4 Å². The Morgan fingerprint density at radius 1 is 0.973 bits per heavy atom. The van der Waals surface area contributed by atoms with Gasteiger partial charge in [-0.05, 0) is 60.0 Å². The molecule has 0 radical (unpaired) electrons. The molecule has 1 amide bonds. The van der Waals surface area contributed by atoms with E-state index in [0.29, 0.717) is 21.6 Å². The third-order valence-corrected chi connectivity index (χ3v) is 6.93. The Bertz CT molecular complexity index is 1230. The van der Waals surface area contributed by atoms with Crippen LogP contribution >= 0.6 is 27.3 Å². The number of hydrogen-bond acceptors (Lipinski definition) is 8. The topological polar surface area (TPSA) is 100 Å². The summed E-state index contributed by atoms with van der Waals surface area (Å²) in [5.74, 6) is -1.22. The van der Waals surface area contributed by atoms with Gasteiger partial charge in [-0.3, -0.25) is 4.79 Å². The number of ether oxygens (including phenoxy) is 4. The number of carbonyl (C=O) groups excluding carboxylic acids is 3. The number of methoxy groups -OCH3 is 1. The lowest BCUT2D eigenvalue weighted by Crippen LogP contribution is -2.27. The zero-order chi connectivity index (χ0) is 27.0. The molecule has 0 aliphatic heterocycles. The number of rotatable bonds is 10. The van der Waals surface area contributed by atoms with Crippen molar-refractivity contribution in [3.05, 3.63) is 69.5 Å². The monoisotopic (exact) mass is 589 g/mol. The quantitative estimate of drug-likeness (QED) is 0.296. The number of amides is 1. The maximum absolute atomic E-state index is 12.4. The number of hydrogen-bond donors (Lipinski definition) is 1. The fourth-order valence-electron chi connectivity index (χ4n) is 3.18. The van der Waals surface area contributed by atoms with Gasteiger partial charge in [0.25, 0.3) is 0 Å². The van der Waals surface area contributed by atoms with Crippen LogP contribution in [0.4, 0.5) is 5.69 Å². The van der Waals surface area contributed by atoms with Gasteiger partial charge in [-0.15, -0.1) is 11.3 Å². The van der Waals surface area contributed by atoms with Gasteiger partial charge in [0.15, 0.2) is 17.2 Å². The lowest BCUT2D eigenvalue weighted by Gasteiger charge is -2.19. The Kier molecular flexibility index (Phi) is 9.85. The molecule has 0 aliphatic carbocycles. The minimum absolute atomic E-state index is 0.0754. The molecule has 0 saturated heterocycles. The second-order valence-electron chi connectivity index (χ2n) is 8.87. The summed E-state index contributed by atoms with van der Waals surface area (Å²) in [5, 5.41) is 2.79. The second-order valence-corrected chi connectivity index (χ2v) is 10.7. The van der Waals surface area contributed by atoms with Gasteiger partial charge in [0.05, 0.1) is 23.1 Å². The van der Waals surface area contributed by atoms with Crippen molar-refractivity contribution >= 4 is 50.8 Å². The van der Waals surface area contributed by atoms with Gasteiger partial charge in [-0.25, -0.2) is 9.59 Å². The van der Waals surface area contributed by atoms with Gasteiger partial charge < -0.3 is 24.3 Å². The Morgan fingerprint density at radius 3 is 2.27 bits per heavy atom. The van der Waals surface area contributed by atoms with E-state index in [1.807, 2.05) is 30.3 Å². The Hall–Kier alpha value is -3.21. The molecule has 196 valence electrons. The number of halogens is 1. The minimum atomic E-state index is -0.659. The van der Waals surface area contributed by atoms with Crippen molar-refractivity contribution in [3.8, 4) is 16.2 Å². The molecule has 37 heavy (non-hydrogen) atoms. The van der Waals surface area contributed by atoms with E-state index < -0.39 is 17.5 Å². The molecule has 0 atom stereocenters. The molecule has 0 saturated carbocycles. The summed E-state index contributed by atoms with van der Waals surface area (Å²) in [6.45, 7) is 5.18. The first kappa shape index (κ1) is 28.4. The van der Waals surface area contributed by atoms with Crippen LogP contribution in [0.1, 0.15) is 36.0 Å². The third kappa shape index (κ3) is 8.41. The lowest BCUT2D eigenvalue weighted by atomic mass is 10.1. The summed E-state index contributed by atoms with van der Waals surface area (Å²) in [6, 6.07) is 16.7. The first-order chi connectivity index (χ1) is 17.6. The van der Waals surface area contributed by atoms with Crippen LogP contribution in [0.15, 0.2) is 59.1 Å². The molecule has 8 nitrogen and oxygen atoms in total. The molecule has 0 aliphatic rings. The van der Waals surface area contributed by atoms with Crippen molar-refractivity contribution < 1.29 is 33.3 Å². The average Bonchev–Trinajstić information content (AvgIpc) is 3.18. The predicted molar refractivity (Wildman–Crippen MR) is 145 cm³/mol. The average molecular weight is 590 g/mol. The molecule has 1 N–H and O–H groups in total. The van der Waals surface area contributed by atoms with Crippen LogP contribution in [0.5, 0.6) is 5.75 Å². The highest BCUT2D eigenvalue weighted by Crippen LogP contribution is 2.46. The minimum Gasteiger partial charge on any atom is -0.479 e. The molecule has 0 spiro atoms. The van der Waals surface area contributed by atoms with Crippen molar-refractivity contribution in [3.63, 3.8) is 0 Å². The Labute approximate surface area is 228 Å². The largest absolute Gasteiger partial charge is 0.479 e. The molecule has 0 fully saturated rings. The fourth-order valence-corrected chi connectivity index (χ4v) is 5.15. The Balaban J connectivity index is 1.67.